The first-order valence-electron chi connectivity index (χ1n) is 32.9. The average molecular weight is 1370 g/mol. The van der Waals surface area contributed by atoms with Crippen molar-refractivity contribution < 1.29 is 61.7 Å². The molecule has 2 heterocycles. The van der Waals surface area contributed by atoms with Crippen LogP contribution in [0, 0.1) is 17.8 Å². The van der Waals surface area contributed by atoms with Gasteiger partial charge < -0.3 is 52.1 Å². The highest BCUT2D eigenvalue weighted by molar-refractivity contribution is 7.99. The van der Waals surface area contributed by atoms with Gasteiger partial charge in [-0.2, -0.15) is 11.3 Å². The summed E-state index contributed by atoms with van der Waals surface area (Å²) in [4.78, 5) is 25.2. The van der Waals surface area contributed by atoms with Gasteiger partial charge in [0.2, 0.25) is 0 Å². The maximum Gasteiger partial charge on any atom is 0.333 e. The summed E-state index contributed by atoms with van der Waals surface area (Å²) in [5.41, 5.74) is 0.472. The van der Waals surface area contributed by atoms with Crippen LogP contribution in [0.5, 0.6) is 0 Å². The average Bonchev–Trinajstić information content (AvgIpc) is 3.18. The molecule has 0 N–H and O–H groups in total. The van der Waals surface area contributed by atoms with Gasteiger partial charge in [-0.1, -0.05) is 84.5 Å². The number of carbonyl (C=O) groups excluding carboxylic acids is 2. The molecule has 0 radical (unpaired) electrons. The van der Waals surface area contributed by atoms with Crippen LogP contribution in [0.15, 0.2) is 111 Å². The van der Waals surface area contributed by atoms with Gasteiger partial charge in [-0.25, -0.2) is 9.59 Å². The van der Waals surface area contributed by atoms with Crippen LogP contribution in [0.25, 0.3) is 0 Å². The molecule has 0 saturated carbocycles. The Morgan fingerprint density at radius 1 is 0.560 bits per heavy atom. The Balaban J connectivity index is 0. The summed E-state index contributed by atoms with van der Waals surface area (Å²) in [6.45, 7) is 55.4. The Kier molecular flexibility index (Phi) is 57.5. The number of hydrogen-bond donors (Lipinski definition) is 0. The number of thioether (sulfide) groups is 3. The van der Waals surface area contributed by atoms with Crippen molar-refractivity contribution in [2.45, 2.75) is 259 Å². The maximum atomic E-state index is 10.9. The molecular formula is C73H125ClO13S4. The Morgan fingerprint density at radius 2 is 0.967 bits per heavy atom. The van der Waals surface area contributed by atoms with E-state index < -0.39 is 0 Å². The Bertz CT molecular complexity index is 2150. The monoisotopic (exact) mass is 1370 g/mol. The second-order valence-electron chi connectivity index (χ2n) is 25.0. The molecule has 91 heavy (non-hydrogen) atoms. The van der Waals surface area contributed by atoms with Crippen molar-refractivity contribution in [3.8, 4) is 0 Å². The Morgan fingerprint density at radius 3 is 1.32 bits per heavy atom. The van der Waals surface area contributed by atoms with Gasteiger partial charge in [-0.05, 0) is 195 Å². The van der Waals surface area contributed by atoms with Crippen LogP contribution < -0.4 is 0 Å². The van der Waals surface area contributed by atoms with E-state index in [9.17, 15) is 9.59 Å². The Hall–Kier alpha value is -2.46. The van der Waals surface area contributed by atoms with E-state index in [1.807, 2.05) is 81.6 Å². The lowest BCUT2D eigenvalue weighted by atomic mass is 10.1. The number of esters is 2. The predicted octanol–water partition coefficient (Wildman–Crippen LogP) is 19.3. The van der Waals surface area contributed by atoms with Crippen molar-refractivity contribution in [1.82, 2.24) is 0 Å². The van der Waals surface area contributed by atoms with Crippen molar-refractivity contribution in [1.29, 1.82) is 0 Å². The molecule has 18 heteroatoms. The van der Waals surface area contributed by atoms with Crippen LogP contribution in [0.4, 0.5) is 0 Å². The third-order valence-electron chi connectivity index (χ3n) is 11.7. The minimum Gasteiger partial charge on any atom is -0.463 e. The van der Waals surface area contributed by atoms with Crippen LogP contribution >= 0.6 is 58.2 Å². The number of benzene rings is 2. The van der Waals surface area contributed by atoms with Crippen LogP contribution in [-0.2, 0) is 61.7 Å². The van der Waals surface area contributed by atoms with E-state index in [0.29, 0.717) is 75.7 Å². The van der Waals surface area contributed by atoms with Gasteiger partial charge in [0, 0.05) is 54.0 Å². The number of halogens is 1. The molecule has 1 aromatic heterocycles. The van der Waals surface area contributed by atoms with E-state index in [1.165, 1.54) is 20.8 Å². The molecule has 4 rings (SSSR count). The molecule has 1 saturated heterocycles. The zero-order valence-electron chi connectivity index (χ0n) is 60.0. The van der Waals surface area contributed by atoms with Gasteiger partial charge in [-0.3, -0.25) is 0 Å². The lowest BCUT2D eigenvalue weighted by Gasteiger charge is -2.22. The lowest BCUT2D eigenvalue weighted by Crippen LogP contribution is -2.28. The van der Waals surface area contributed by atoms with E-state index in [1.54, 1.807) is 30.0 Å². The van der Waals surface area contributed by atoms with Crippen molar-refractivity contribution >= 4 is 70.2 Å². The van der Waals surface area contributed by atoms with Gasteiger partial charge in [0.25, 0.3) is 0 Å². The molecular weight excluding hydrogens is 1250 g/mol. The fourth-order valence-corrected chi connectivity index (χ4v) is 10.7. The van der Waals surface area contributed by atoms with E-state index >= 15 is 0 Å². The van der Waals surface area contributed by atoms with Gasteiger partial charge in [0.15, 0.2) is 0 Å². The molecule has 13 nitrogen and oxygen atoms in total. The van der Waals surface area contributed by atoms with Crippen LogP contribution in [0.1, 0.15) is 171 Å². The van der Waals surface area contributed by atoms with Crippen molar-refractivity contribution in [3.05, 3.63) is 101 Å². The van der Waals surface area contributed by atoms with E-state index in [-0.39, 0.29) is 79.1 Å². The van der Waals surface area contributed by atoms with Crippen molar-refractivity contribution in [2.75, 3.05) is 70.1 Å². The zero-order chi connectivity index (χ0) is 69.1. The first-order valence-corrected chi connectivity index (χ1v) is 37.2. The highest BCUT2D eigenvalue weighted by Crippen LogP contribution is 2.25. The number of epoxide rings is 1. The zero-order valence-corrected chi connectivity index (χ0v) is 64.0. The molecule has 1 aliphatic rings. The molecule has 5 unspecified atom stereocenters. The second kappa shape index (κ2) is 57.8. The maximum absolute atomic E-state index is 10.9. The Labute approximate surface area is 576 Å². The minimum absolute atomic E-state index is 0.114. The first kappa shape index (κ1) is 90.6. The fourth-order valence-electron chi connectivity index (χ4n) is 7.00. The third kappa shape index (κ3) is 62.1. The minimum atomic E-state index is -0.325. The summed E-state index contributed by atoms with van der Waals surface area (Å²) in [6, 6.07) is 20.4. The van der Waals surface area contributed by atoms with E-state index in [2.05, 4.69) is 165 Å². The smallest absolute Gasteiger partial charge is 0.333 e. The molecule has 2 aromatic carbocycles. The molecule has 0 bridgehead atoms. The highest BCUT2D eigenvalue weighted by Gasteiger charge is 2.26. The summed E-state index contributed by atoms with van der Waals surface area (Å²) >= 11 is 13.0. The second-order valence-corrected chi connectivity index (χ2v) is 29.5. The molecule has 1 aliphatic heterocycles. The molecule has 0 aliphatic carbocycles. The van der Waals surface area contributed by atoms with Gasteiger partial charge in [-0.15, -0.1) is 35.3 Å². The van der Waals surface area contributed by atoms with Crippen molar-refractivity contribution in [2.24, 2.45) is 17.8 Å². The standard InChI is InChI=1S/C15H23ClO2S.C15H24O2S.C13H22O2S2.C11H22O3.C10H18O2.C9H16O2/c1-11(2)17-9-14(18-12(3)4)10-19-15-7-5-13(16)6-8-15;1-12(2)16-10-14(17-13(3)4)11-18-15-8-6-5-7-9-15;1-10(2)14-7-12(15-11(3)4)8-17-13-5-6-16-9-13;1-8(2)11(7-12-9(3)4)14-6-10-5-13-10;1-8(2)6-5-7-12-10(11)9(3)4;1-4-9(10)11-7-5-6-8(2)3/h5-8,11-12,14H,9-10H2,1-4H3;5-9,12-14H,10-11H2,1-4H3;5-6,9-12H,7-8H2,1-4H3;8-11H,5-7H2,1-4H3;8H,3,5-7H2,1-2,4H3;4,8H,1,5-7H2,2-3H3. The van der Waals surface area contributed by atoms with E-state index in [0.717, 1.165) is 54.6 Å². The van der Waals surface area contributed by atoms with Gasteiger partial charge >= 0.3 is 11.9 Å². The van der Waals surface area contributed by atoms with Gasteiger partial charge in [0.1, 0.15) is 6.10 Å². The summed E-state index contributed by atoms with van der Waals surface area (Å²) in [5, 5.41) is 5.04. The predicted molar refractivity (Wildman–Crippen MR) is 388 cm³/mol. The summed E-state index contributed by atoms with van der Waals surface area (Å²) < 4.78 is 60.6. The summed E-state index contributed by atoms with van der Waals surface area (Å²) in [5.74, 6) is 3.99. The van der Waals surface area contributed by atoms with Crippen LogP contribution in [-0.4, -0.2) is 155 Å². The SMILES string of the molecule is C=C(C)C(=O)OCCCC(C)C.C=CC(=O)OCCCC(C)C.CC(C)OCC(CSc1ccc(Cl)cc1)OC(C)C.CC(C)OCC(CSc1ccccc1)OC(C)C.CC(C)OCC(CSc1ccsc1)OC(C)C.CC(C)OCC(OCC1CO1)C(C)C. The van der Waals surface area contributed by atoms with Crippen LogP contribution in [0.3, 0.4) is 0 Å². The van der Waals surface area contributed by atoms with Crippen LogP contribution in [0.2, 0.25) is 5.02 Å². The topological polar surface area (TPSA) is 139 Å². The molecule has 526 valence electrons. The fraction of sp³-hybridized carbons (Fsp3) is 0.699. The largest absolute Gasteiger partial charge is 0.463 e. The molecule has 0 amide bonds. The number of carbonyl (C=O) groups is 2. The number of hydrogen-bond acceptors (Lipinski definition) is 17. The molecule has 1 fully saturated rings. The molecule has 3 aromatic rings. The molecule has 5 atom stereocenters. The normalized spacial score (nSPS) is 14.0. The van der Waals surface area contributed by atoms with Gasteiger partial charge in [0.05, 0.1) is 120 Å². The third-order valence-corrected chi connectivity index (χ3v) is 16.2. The summed E-state index contributed by atoms with van der Waals surface area (Å²) in [7, 11) is 0. The first-order chi connectivity index (χ1) is 42.9. The lowest BCUT2D eigenvalue weighted by molar-refractivity contribution is -0.139. The molecule has 0 spiro atoms. The number of thiophene rings is 1. The quantitative estimate of drug-likeness (QED) is 0.0175. The highest BCUT2D eigenvalue weighted by atomic mass is 35.5. The summed E-state index contributed by atoms with van der Waals surface area (Å²) in [6.07, 6.45) is 7.98. The van der Waals surface area contributed by atoms with Crippen molar-refractivity contribution in [3.63, 3.8) is 0 Å². The number of ether oxygens (including phenoxy) is 11. The number of rotatable bonds is 41. The van der Waals surface area contributed by atoms with E-state index in [4.69, 9.17) is 63.7 Å².